The topological polar surface area (TPSA) is 74.3 Å². The van der Waals surface area contributed by atoms with Crippen molar-refractivity contribution in [2.24, 2.45) is 7.05 Å². The summed E-state index contributed by atoms with van der Waals surface area (Å²) in [4.78, 5) is 32.1. The van der Waals surface area contributed by atoms with E-state index in [1.807, 2.05) is 40.7 Å². The molecule has 26 heavy (non-hydrogen) atoms. The van der Waals surface area contributed by atoms with E-state index in [1.165, 1.54) is 9.13 Å². The van der Waals surface area contributed by atoms with E-state index in [0.717, 1.165) is 17.9 Å². The molecule has 0 unspecified atom stereocenters. The number of aromatic nitrogens is 4. The van der Waals surface area contributed by atoms with E-state index in [1.54, 1.807) is 14.2 Å². The third kappa shape index (κ3) is 2.18. The molecule has 0 saturated carbocycles. The number of para-hydroxylation sites is 2. The zero-order chi connectivity index (χ0) is 18.4. The van der Waals surface area contributed by atoms with Gasteiger partial charge >= 0.3 is 5.69 Å². The fourth-order valence-electron chi connectivity index (χ4n) is 3.58. The van der Waals surface area contributed by atoms with Gasteiger partial charge in [-0.25, -0.2) is 4.79 Å². The summed E-state index contributed by atoms with van der Waals surface area (Å²) in [5, 5.41) is 0. The van der Waals surface area contributed by atoms with Gasteiger partial charge in [0.25, 0.3) is 5.56 Å². The molecule has 136 valence electrons. The lowest BCUT2D eigenvalue weighted by Gasteiger charge is -2.18. The van der Waals surface area contributed by atoms with Gasteiger partial charge in [-0.15, -0.1) is 0 Å². The molecule has 2 aromatic heterocycles. The Labute approximate surface area is 149 Å². The predicted molar refractivity (Wildman–Crippen MR) is 99.5 cm³/mol. The van der Waals surface area contributed by atoms with Gasteiger partial charge in [0.05, 0.1) is 12.8 Å². The van der Waals surface area contributed by atoms with E-state index in [4.69, 9.17) is 4.74 Å². The highest BCUT2D eigenvalue weighted by molar-refractivity contribution is 5.79. The zero-order valence-electron chi connectivity index (χ0n) is 15.1. The van der Waals surface area contributed by atoms with Crippen molar-refractivity contribution in [3.8, 4) is 5.75 Å². The van der Waals surface area contributed by atoms with Gasteiger partial charge in [0.2, 0.25) is 5.95 Å². The Kier molecular flexibility index (Phi) is 3.82. The molecule has 3 heterocycles. The number of hydrogen-bond acceptors (Lipinski definition) is 5. The van der Waals surface area contributed by atoms with Crippen LogP contribution >= 0.6 is 0 Å². The molecule has 3 aromatic rings. The molecule has 1 aliphatic heterocycles. The first-order valence-corrected chi connectivity index (χ1v) is 8.69. The van der Waals surface area contributed by atoms with Crippen molar-refractivity contribution in [1.82, 2.24) is 18.7 Å². The maximum absolute atomic E-state index is 12.9. The van der Waals surface area contributed by atoms with Crippen LogP contribution in [0.5, 0.6) is 5.75 Å². The van der Waals surface area contributed by atoms with E-state index in [0.29, 0.717) is 36.7 Å². The molecule has 0 bridgehead atoms. The van der Waals surface area contributed by atoms with Gasteiger partial charge in [-0.3, -0.25) is 13.9 Å². The maximum atomic E-state index is 12.9. The molecular weight excluding hydrogens is 334 g/mol. The SMILES string of the molecule is CCCn1c(=O)c2c(nc3n2CCN3c2ccccc2OC)n(C)c1=O. The van der Waals surface area contributed by atoms with Crippen molar-refractivity contribution in [2.75, 3.05) is 18.6 Å². The Hall–Kier alpha value is -3.03. The van der Waals surface area contributed by atoms with Crippen LogP contribution in [0.2, 0.25) is 0 Å². The minimum atomic E-state index is -0.329. The predicted octanol–water partition coefficient (Wildman–Crippen LogP) is 1.47. The van der Waals surface area contributed by atoms with Gasteiger partial charge in [-0.2, -0.15) is 4.98 Å². The monoisotopic (exact) mass is 355 g/mol. The summed E-state index contributed by atoms with van der Waals surface area (Å²) in [5.41, 5.74) is 1.19. The second kappa shape index (κ2) is 6.05. The van der Waals surface area contributed by atoms with Crippen LogP contribution < -0.4 is 20.9 Å². The smallest absolute Gasteiger partial charge is 0.332 e. The molecule has 0 amide bonds. The third-order valence-corrected chi connectivity index (χ3v) is 4.82. The summed E-state index contributed by atoms with van der Waals surface area (Å²) in [6.45, 7) is 3.66. The standard InChI is InChI=1S/C18H21N5O3/c1-4-9-23-16(24)14-15(20(2)18(23)25)19-17-21(10-11-22(14)17)12-7-5-6-8-13(12)26-3/h5-8H,4,9-11H2,1-3H3. The molecule has 8 heteroatoms. The van der Waals surface area contributed by atoms with E-state index in [9.17, 15) is 9.59 Å². The normalized spacial score (nSPS) is 13.4. The van der Waals surface area contributed by atoms with Crippen molar-refractivity contribution < 1.29 is 4.74 Å². The largest absolute Gasteiger partial charge is 0.495 e. The number of fused-ring (bicyclic) bond motifs is 3. The molecule has 0 spiro atoms. The lowest BCUT2D eigenvalue weighted by atomic mass is 10.2. The van der Waals surface area contributed by atoms with Gasteiger partial charge in [0.1, 0.15) is 5.75 Å². The van der Waals surface area contributed by atoms with Crippen LogP contribution in [0.25, 0.3) is 11.2 Å². The number of hydrogen-bond donors (Lipinski definition) is 0. The number of nitrogens with zero attached hydrogens (tertiary/aromatic N) is 5. The van der Waals surface area contributed by atoms with Crippen molar-refractivity contribution >= 4 is 22.8 Å². The lowest BCUT2D eigenvalue weighted by Crippen LogP contribution is -2.39. The molecule has 0 N–H and O–H groups in total. The van der Waals surface area contributed by atoms with Crippen molar-refractivity contribution in [1.29, 1.82) is 0 Å². The van der Waals surface area contributed by atoms with Gasteiger partial charge in [0, 0.05) is 26.7 Å². The highest BCUT2D eigenvalue weighted by Gasteiger charge is 2.29. The Morgan fingerprint density at radius 2 is 1.96 bits per heavy atom. The average Bonchev–Trinajstić information content (AvgIpc) is 3.22. The molecule has 4 rings (SSSR count). The summed E-state index contributed by atoms with van der Waals surface area (Å²) >= 11 is 0. The first-order chi connectivity index (χ1) is 12.6. The molecule has 8 nitrogen and oxygen atoms in total. The van der Waals surface area contributed by atoms with Crippen molar-refractivity contribution in [3.63, 3.8) is 0 Å². The number of methoxy groups -OCH3 is 1. The molecule has 0 radical (unpaired) electrons. The van der Waals surface area contributed by atoms with Gasteiger partial charge in [-0.05, 0) is 18.6 Å². The fraction of sp³-hybridized carbons (Fsp3) is 0.389. The zero-order valence-corrected chi connectivity index (χ0v) is 15.1. The Morgan fingerprint density at radius 3 is 2.69 bits per heavy atom. The first-order valence-electron chi connectivity index (χ1n) is 8.69. The first kappa shape index (κ1) is 16.4. The Bertz CT molecular complexity index is 1110. The lowest BCUT2D eigenvalue weighted by molar-refractivity contribution is 0.415. The Morgan fingerprint density at radius 1 is 1.19 bits per heavy atom. The summed E-state index contributed by atoms with van der Waals surface area (Å²) in [6, 6.07) is 7.70. The number of benzene rings is 1. The number of ether oxygens (including phenoxy) is 1. The van der Waals surface area contributed by atoms with Crippen LogP contribution in [-0.4, -0.2) is 32.3 Å². The number of anilines is 2. The molecule has 1 aromatic carbocycles. The van der Waals surface area contributed by atoms with E-state index in [2.05, 4.69) is 4.98 Å². The van der Waals surface area contributed by atoms with E-state index in [-0.39, 0.29) is 11.2 Å². The quantitative estimate of drug-likeness (QED) is 0.708. The van der Waals surface area contributed by atoms with Crippen LogP contribution in [0.15, 0.2) is 33.9 Å². The average molecular weight is 355 g/mol. The number of rotatable bonds is 4. The summed E-state index contributed by atoms with van der Waals surface area (Å²) < 4.78 is 10.1. The molecule has 1 aliphatic rings. The number of aryl methyl sites for hydroxylation is 1. The van der Waals surface area contributed by atoms with Gasteiger partial charge in [-0.1, -0.05) is 19.1 Å². The highest BCUT2D eigenvalue weighted by atomic mass is 16.5. The number of imidazole rings is 1. The van der Waals surface area contributed by atoms with E-state index < -0.39 is 0 Å². The third-order valence-electron chi connectivity index (χ3n) is 4.82. The summed E-state index contributed by atoms with van der Waals surface area (Å²) in [6.07, 6.45) is 0.717. The van der Waals surface area contributed by atoms with Crippen LogP contribution in [-0.2, 0) is 20.1 Å². The maximum Gasteiger partial charge on any atom is 0.332 e. The second-order valence-corrected chi connectivity index (χ2v) is 6.36. The molecule has 0 aliphatic carbocycles. The second-order valence-electron chi connectivity index (χ2n) is 6.36. The summed E-state index contributed by atoms with van der Waals surface area (Å²) in [7, 11) is 3.29. The molecular formula is C18H21N5O3. The van der Waals surface area contributed by atoms with Crippen LogP contribution in [0.1, 0.15) is 13.3 Å². The van der Waals surface area contributed by atoms with E-state index >= 15 is 0 Å². The van der Waals surface area contributed by atoms with Crippen LogP contribution in [0.3, 0.4) is 0 Å². The van der Waals surface area contributed by atoms with Crippen LogP contribution in [0, 0.1) is 0 Å². The van der Waals surface area contributed by atoms with Gasteiger partial charge in [0.15, 0.2) is 11.2 Å². The highest BCUT2D eigenvalue weighted by Crippen LogP contribution is 2.36. The minimum absolute atomic E-state index is 0.273. The van der Waals surface area contributed by atoms with Crippen LogP contribution in [0.4, 0.5) is 11.6 Å². The minimum Gasteiger partial charge on any atom is -0.495 e. The fourth-order valence-corrected chi connectivity index (χ4v) is 3.58. The summed E-state index contributed by atoms with van der Waals surface area (Å²) in [5.74, 6) is 1.40. The van der Waals surface area contributed by atoms with Gasteiger partial charge < -0.3 is 14.2 Å². The molecule has 0 fully saturated rings. The van der Waals surface area contributed by atoms with Crippen molar-refractivity contribution in [3.05, 3.63) is 45.1 Å². The molecule has 0 saturated heterocycles. The van der Waals surface area contributed by atoms with Crippen molar-refractivity contribution in [2.45, 2.75) is 26.4 Å². The molecule has 0 atom stereocenters. The Balaban J connectivity index is 1.97.